The summed E-state index contributed by atoms with van der Waals surface area (Å²) in [5.74, 6) is 0.974. The van der Waals surface area contributed by atoms with Crippen molar-refractivity contribution in [3.05, 3.63) is 83.2 Å². The van der Waals surface area contributed by atoms with Crippen LogP contribution in [0.4, 0.5) is 5.95 Å². The molecule has 0 spiro atoms. The predicted octanol–water partition coefficient (Wildman–Crippen LogP) is 3.77. The van der Waals surface area contributed by atoms with E-state index in [1.807, 2.05) is 49.4 Å². The van der Waals surface area contributed by atoms with Gasteiger partial charge in [-0.15, -0.1) is 0 Å². The van der Waals surface area contributed by atoms with Gasteiger partial charge in [-0.1, -0.05) is 48.5 Å². The van der Waals surface area contributed by atoms with Crippen LogP contribution in [0.25, 0.3) is 0 Å². The number of aromatic nitrogens is 2. The number of nitrogens with zero attached hydrogens (tertiary/aromatic N) is 2. The predicted molar refractivity (Wildman–Crippen MR) is 114 cm³/mol. The third-order valence-electron chi connectivity index (χ3n) is 4.49. The van der Waals surface area contributed by atoms with Crippen LogP contribution in [0.2, 0.25) is 0 Å². The number of rotatable bonds is 9. The largest absolute Gasteiger partial charge is 0.496 e. The Kier molecular flexibility index (Phi) is 7.16. The number of methoxy groups -OCH3 is 1. The van der Waals surface area contributed by atoms with Gasteiger partial charge in [-0.05, 0) is 37.5 Å². The van der Waals surface area contributed by atoms with Crippen LogP contribution in [0.3, 0.4) is 0 Å². The van der Waals surface area contributed by atoms with E-state index in [0.29, 0.717) is 18.2 Å². The van der Waals surface area contributed by atoms with Crippen molar-refractivity contribution in [2.24, 2.45) is 0 Å². The molecule has 3 aromatic rings. The average molecular weight is 390 g/mol. The molecule has 0 unspecified atom stereocenters. The van der Waals surface area contributed by atoms with Crippen LogP contribution in [-0.4, -0.2) is 29.5 Å². The maximum absolute atomic E-state index is 12.6. The fraction of sp³-hybridized carbons (Fsp3) is 0.261. The Morgan fingerprint density at radius 2 is 1.79 bits per heavy atom. The topological polar surface area (TPSA) is 76.1 Å². The second-order valence-corrected chi connectivity index (χ2v) is 6.73. The number of hydrogen-bond acceptors (Lipinski definition) is 5. The van der Waals surface area contributed by atoms with Gasteiger partial charge in [0.25, 0.3) is 5.91 Å². The maximum atomic E-state index is 12.6. The number of ether oxygens (including phenoxy) is 1. The SMILES string of the molecule is COc1ccccc1CNC(=O)c1cc(C)nc(NCCCc2ccccc2)n1. The van der Waals surface area contributed by atoms with Crippen LogP contribution >= 0.6 is 0 Å². The van der Waals surface area contributed by atoms with E-state index in [0.717, 1.165) is 36.4 Å². The van der Waals surface area contributed by atoms with Gasteiger partial charge in [0.05, 0.1) is 7.11 Å². The molecule has 2 aromatic carbocycles. The third-order valence-corrected chi connectivity index (χ3v) is 4.49. The van der Waals surface area contributed by atoms with Gasteiger partial charge in [0, 0.05) is 24.3 Å². The van der Waals surface area contributed by atoms with Crippen LogP contribution in [0.5, 0.6) is 5.75 Å². The molecule has 0 saturated carbocycles. The summed E-state index contributed by atoms with van der Waals surface area (Å²) < 4.78 is 5.32. The molecule has 1 amide bonds. The molecule has 150 valence electrons. The number of amides is 1. The van der Waals surface area contributed by atoms with Gasteiger partial charge < -0.3 is 15.4 Å². The molecule has 0 aliphatic rings. The van der Waals surface area contributed by atoms with E-state index in [1.54, 1.807) is 13.2 Å². The van der Waals surface area contributed by atoms with Gasteiger partial charge in [-0.25, -0.2) is 9.97 Å². The summed E-state index contributed by atoms with van der Waals surface area (Å²) >= 11 is 0. The second kappa shape index (κ2) is 10.2. The fourth-order valence-electron chi connectivity index (χ4n) is 3.02. The minimum absolute atomic E-state index is 0.242. The minimum atomic E-state index is -0.242. The zero-order valence-corrected chi connectivity index (χ0v) is 16.8. The maximum Gasteiger partial charge on any atom is 0.270 e. The van der Waals surface area contributed by atoms with E-state index in [-0.39, 0.29) is 5.91 Å². The van der Waals surface area contributed by atoms with Crippen LogP contribution in [-0.2, 0) is 13.0 Å². The van der Waals surface area contributed by atoms with Crippen LogP contribution in [0, 0.1) is 6.92 Å². The number of anilines is 1. The molecule has 0 bridgehead atoms. The summed E-state index contributed by atoms with van der Waals surface area (Å²) in [7, 11) is 1.62. The molecule has 29 heavy (non-hydrogen) atoms. The zero-order chi connectivity index (χ0) is 20.5. The fourth-order valence-corrected chi connectivity index (χ4v) is 3.02. The van der Waals surface area contributed by atoms with E-state index in [2.05, 4.69) is 32.7 Å². The summed E-state index contributed by atoms with van der Waals surface area (Å²) in [6, 6.07) is 19.6. The first kappa shape index (κ1) is 20.3. The van der Waals surface area contributed by atoms with Crippen molar-refractivity contribution in [1.82, 2.24) is 15.3 Å². The number of benzene rings is 2. The van der Waals surface area contributed by atoms with Crippen molar-refractivity contribution in [3.63, 3.8) is 0 Å². The molecule has 0 aliphatic carbocycles. The first-order valence-electron chi connectivity index (χ1n) is 9.69. The van der Waals surface area contributed by atoms with E-state index in [9.17, 15) is 4.79 Å². The van der Waals surface area contributed by atoms with Gasteiger partial charge >= 0.3 is 0 Å². The van der Waals surface area contributed by atoms with Gasteiger partial charge in [-0.3, -0.25) is 4.79 Å². The number of hydrogen-bond donors (Lipinski definition) is 2. The molecule has 1 aromatic heterocycles. The summed E-state index contributed by atoms with van der Waals surface area (Å²) in [6.07, 6.45) is 1.93. The summed E-state index contributed by atoms with van der Waals surface area (Å²) in [5.41, 5.74) is 3.30. The molecule has 0 saturated heterocycles. The number of para-hydroxylation sites is 1. The first-order chi connectivity index (χ1) is 14.2. The van der Waals surface area contributed by atoms with Crippen molar-refractivity contribution in [3.8, 4) is 5.75 Å². The molecule has 0 aliphatic heterocycles. The second-order valence-electron chi connectivity index (χ2n) is 6.73. The minimum Gasteiger partial charge on any atom is -0.496 e. The van der Waals surface area contributed by atoms with Gasteiger partial charge in [0.2, 0.25) is 5.95 Å². The van der Waals surface area contributed by atoms with Gasteiger partial charge in [0.1, 0.15) is 11.4 Å². The molecule has 1 heterocycles. The molecule has 3 rings (SSSR count). The van der Waals surface area contributed by atoms with Crippen LogP contribution in [0.1, 0.15) is 33.7 Å². The van der Waals surface area contributed by atoms with Crippen molar-refractivity contribution in [2.75, 3.05) is 19.0 Å². The Morgan fingerprint density at radius 1 is 1.03 bits per heavy atom. The smallest absolute Gasteiger partial charge is 0.270 e. The van der Waals surface area contributed by atoms with Gasteiger partial charge in [0.15, 0.2) is 0 Å². The highest BCUT2D eigenvalue weighted by molar-refractivity contribution is 5.92. The average Bonchev–Trinajstić information content (AvgIpc) is 2.75. The number of carbonyl (C=O) groups excluding carboxylic acids is 1. The summed E-state index contributed by atoms with van der Waals surface area (Å²) in [6.45, 7) is 2.96. The standard InChI is InChI=1S/C23H26N4O2/c1-17-15-20(22(28)25-16-19-12-6-7-13-21(19)29-2)27-23(26-17)24-14-8-11-18-9-4-3-5-10-18/h3-7,9-10,12-13,15H,8,11,14,16H2,1-2H3,(H,25,28)(H,24,26,27). The van der Waals surface area contributed by atoms with E-state index >= 15 is 0 Å². The Labute approximate surface area is 171 Å². The lowest BCUT2D eigenvalue weighted by Crippen LogP contribution is -2.25. The Hall–Kier alpha value is -3.41. The van der Waals surface area contributed by atoms with Gasteiger partial charge in [-0.2, -0.15) is 0 Å². The van der Waals surface area contributed by atoms with Crippen molar-refractivity contribution in [1.29, 1.82) is 0 Å². The summed E-state index contributed by atoms with van der Waals surface area (Å²) in [5, 5.41) is 6.12. The lowest BCUT2D eigenvalue weighted by Gasteiger charge is -2.11. The molecular weight excluding hydrogens is 364 g/mol. The molecule has 0 atom stereocenters. The first-order valence-corrected chi connectivity index (χ1v) is 9.69. The molecule has 6 heteroatoms. The van der Waals surface area contributed by atoms with E-state index in [1.165, 1.54) is 5.56 Å². The third kappa shape index (κ3) is 6.04. The summed E-state index contributed by atoms with van der Waals surface area (Å²) in [4.78, 5) is 21.3. The molecule has 0 fully saturated rings. The van der Waals surface area contributed by atoms with E-state index < -0.39 is 0 Å². The number of aryl methyl sites for hydroxylation is 2. The van der Waals surface area contributed by atoms with Crippen molar-refractivity contribution < 1.29 is 9.53 Å². The normalized spacial score (nSPS) is 10.4. The Balaban J connectivity index is 1.55. The quantitative estimate of drug-likeness (QED) is 0.544. The highest BCUT2D eigenvalue weighted by atomic mass is 16.5. The molecule has 2 N–H and O–H groups in total. The highest BCUT2D eigenvalue weighted by Gasteiger charge is 2.11. The molecule has 6 nitrogen and oxygen atoms in total. The zero-order valence-electron chi connectivity index (χ0n) is 16.8. The molecule has 0 radical (unpaired) electrons. The number of nitrogens with one attached hydrogen (secondary N) is 2. The number of carbonyl (C=O) groups is 1. The van der Waals surface area contributed by atoms with Crippen LogP contribution in [0.15, 0.2) is 60.7 Å². The van der Waals surface area contributed by atoms with E-state index in [4.69, 9.17) is 4.74 Å². The Bertz CT molecular complexity index is 945. The van der Waals surface area contributed by atoms with Crippen molar-refractivity contribution >= 4 is 11.9 Å². The monoisotopic (exact) mass is 390 g/mol. The molecular formula is C23H26N4O2. The van der Waals surface area contributed by atoms with Crippen molar-refractivity contribution in [2.45, 2.75) is 26.3 Å². The lowest BCUT2D eigenvalue weighted by atomic mass is 10.1. The highest BCUT2D eigenvalue weighted by Crippen LogP contribution is 2.17. The van der Waals surface area contributed by atoms with Crippen LogP contribution < -0.4 is 15.4 Å². The lowest BCUT2D eigenvalue weighted by molar-refractivity contribution is 0.0945. The Morgan fingerprint density at radius 3 is 2.59 bits per heavy atom.